The van der Waals surface area contributed by atoms with Crippen LogP contribution in [0.3, 0.4) is 0 Å². The van der Waals surface area contributed by atoms with Crippen LogP contribution < -0.4 is 0 Å². The first-order valence-corrected chi connectivity index (χ1v) is 8.44. The molecule has 0 aliphatic rings. The van der Waals surface area contributed by atoms with E-state index < -0.39 is 21.5 Å². The number of sulfone groups is 1. The van der Waals surface area contributed by atoms with Gasteiger partial charge in [0, 0.05) is 51.3 Å². The molecule has 0 spiro atoms. The minimum absolute atomic E-state index is 0.0712. The molecule has 0 aliphatic carbocycles. The molecule has 9 heteroatoms. The van der Waals surface area contributed by atoms with Crippen LogP contribution in [-0.4, -0.2) is 51.4 Å². The van der Waals surface area contributed by atoms with Gasteiger partial charge < -0.3 is 9.47 Å². The third-order valence-electron chi connectivity index (χ3n) is 3.21. The SMILES string of the molecule is CCn1ccnc1S(=O)(=O)CC(=O)N(C)Cc1cnn(C)c1. The zero-order chi connectivity index (χ0) is 16.3. The number of aryl methyl sites for hydroxylation is 2. The van der Waals surface area contributed by atoms with Crippen LogP contribution in [0.15, 0.2) is 29.9 Å². The minimum atomic E-state index is -3.75. The van der Waals surface area contributed by atoms with Crippen LogP contribution in [0.25, 0.3) is 0 Å². The molecule has 1 amide bonds. The molecule has 0 unspecified atom stereocenters. The molecule has 0 saturated heterocycles. The average molecular weight is 325 g/mol. The Hall–Kier alpha value is -2.16. The predicted molar refractivity (Wildman–Crippen MR) is 79.6 cm³/mol. The van der Waals surface area contributed by atoms with Crippen LogP contribution in [0.1, 0.15) is 12.5 Å². The van der Waals surface area contributed by atoms with E-state index in [0.29, 0.717) is 13.1 Å². The fourth-order valence-electron chi connectivity index (χ4n) is 2.07. The Morgan fingerprint density at radius 1 is 1.41 bits per heavy atom. The van der Waals surface area contributed by atoms with Crippen molar-refractivity contribution in [3.05, 3.63) is 30.4 Å². The lowest BCUT2D eigenvalue weighted by Gasteiger charge is -2.16. The quantitative estimate of drug-likeness (QED) is 0.749. The number of amides is 1. The van der Waals surface area contributed by atoms with Gasteiger partial charge in [-0.25, -0.2) is 13.4 Å². The second-order valence-corrected chi connectivity index (χ2v) is 6.91. The highest BCUT2D eigenvalue weighted by Crippen LogP contribution is 2.10. The number of hydrogen-bond acceptors (Lipinski definition) is 5. The van der Waals surface area contributed by atoms with E-state index in [1.807, 2.05) is 6.92 Å². The van der Waals surface area contributed by atoms with Gasteiger partial charge in [0.15, 0.2) is 0 Å². The summed E-state index contributed by atoms with van der Waals surface area (Å²) in [6.45, 7) is 2.61. The number of imidazole rings is 1. The molecule has 2 aromatic heterocycles. The molecule has 22 heavy (non-hydrogen) atoms. The van der Waals surface area contributed by atoms with Crippen molar-refractivity contribution in [2.45, 2.75) is 25.2 Å². The molecule has 0 bridgehead atoms. The number of carbonyl (C=O) groups is 1. The highest BCUT2D eigenvalue weighted by atomic mass is 32.2. The maximum Gasteiger partial charge on any atom is 0.238 e. The second kappa shape index (κ2) is 6.30. The van der Waals surface area contributed by atoms with E-state index in [0.717, 1.165) is 5.56 Å². The molecule has 0 aromatic carbocycles. The van der Waals surface area contributed by atoms with Crippen LogP contribution in [-0.2, 0) is 34.8 Å². The Morgan fingerprint density at radius 2 is 2.14 bits per heavy atom. The molecular formula is C13H19N5O3S. The summed E-state index contributed by atoms with van der Waals surface area (Å²) in [7, 11) is -0.406. The first kappa shape index (κ1) is 16.2. The largest absolute Gasteiger partial charge is 0.340 e. The topological polar surface area (TPSA) is 90.1 Å². The number of rotatable bonds is 6. The number of aromatic nitrogens is 4. The Labute approximate surface area is 129 Å². The highest BCUT2D eigenvalue weighted by molar-refractivity contribution is 7.91. The summed E-state index contributed by atoms with van der Waals surface area (Å²) in [4.78, 5) is 17.4. The number of hydrogen-bond donors (Lipinski definition) is 0. The lowest BCUT2D eigenvalue weighted by Crippen LogP contribution is -2.32. The van der Waals surface area contributed by atoms with Gasteiger partial charge in [0.2, 0.25) is 20.9 Å². The van der Waals surface area contributed by atoms with E-state index >= 15 is 0 Å². The summed E-state index contributed by atoms with van der Waals surface area (Å²) in [5.74, 6) is -1.07. The minimum Gasteiger partial charge on any atom is -0.340 e. The third kappa shape index (κ3) is 3.53. The summed E-state index contributed by atoms with van der Waals surface area (Å²) in [5, 5.41) is 3.94. The van der Waals surface area contributed by atoms with Crippen molar-refractivity contribution in [2.75, 3.05) is 12.8 Å². The summed E-state index contributed by atoms with van der Waals surface area (Å²) < 4.78 is 27.7. The maximum absolute atomic E-state index is 12.3. The van der Waals surface area contributed by atoms with E-state index in [4.69, 9.17) is 0 Å². The van der Waals surface area contributed by atoms with E-state index in [1.54, 1.807) is 37.4 Å². The van der Waals surface area contributed by atoms with Crippen molar-refractivity contribution in [3.63, 3.8) is 0 Å². The van der Waals surface area contributed by atoms with Crippen molar-refractivity contribution in [3.8, 4) is 0 Å². The van der Waals surface area contributed by atoms with E-state index in [2.05, 4.69) is 10.1 Å². The van der Waals surface area contributed by atoms with Crippen LogP contribution in [0.5, 0.6) is 0 Å². The van der Waals surface area contributed by atoms with Crippen molar-refractivity contribution in [2.24, 2.45) is 7.05 Å². The van der Waals surface area contributed by atoms with Crippen molar-refractivity contribution >= 4 is 15.7 Å². The van der Waals surface area contributed by atoms with Gasteiger partial charge in [-0.3, -0.25) is 9.48 Å². The van der Waals surface area contributed by atoms with E-state index in [1.165, 1.54) is 15.7 Å². The lowest BCUT2D eigenvalue weighted by atomic mass is 10.3. The third-order valence-corrected chi connectivity index (χ3v) is 4.74. The Bertz CT molecular complexity index is 762. The first-order chi connectivity index (χ1) is 10.3. The Morgan fingerprint density at radius 3 is 2.73 bits per heavy atom. The number of nitrogens with zero attached hydrogens (tertiary/aromatic N) is 5. The van der Waals surface area contributed by atoms with Crippen LogP contribution in [0.4, 0.5) is 0 Å². The zero-order valence-electron chi connectivity index (χ0n) is 12.8. The molecule has 2 rings (SSSR count). The van der Waals surface area contributed by atoms with Gasteiger partial charge in [0.05, 0.1) is 6.20 Å². The van der Waals surface area contributed by atoms with Gasteiger partial charge >= 0.3 is 0 Å². The molecule has 0 fully saturated rings. The normalized spacial score (nSPS) is 11.6. The predicted octanol–water partition coefficient (Wildman–Crippen LogP) is 0.0688. The molecule has 0 atom stereocenters. The molecule has 2 aromatic rings. The van der Waals surface area contributed by atoms with Crippen molar-refractivity contribution < 1.29 is 13.2 Å². The molecule has 8 nitrogen and oxygen atoms in total. The lowest BCUT2D eigenvalue weighted by molar-refractivity contribution is -0.127. The van der Waals surface area contributed by atoms with Crippen molar-refractivity contribution in [1.29, 1.82) is 0 Å². The summed E-state index contributed by atoms with van der Waals surface area (Å²) in [6, 6.07) is 0. The molecular weight excluding hydrogens is 306 g/mol. The van der Waals surface area contributed by atoms with Gasteiger partial charge in [-0.15, -0.1) is 0 Å². The average Bonchev–Trinajstić information content (AvgIpc) is 3.07. The van der Waals surface area contributed by atoms with E-state index in [-0.39, 0.29) is 5.16 Å². The van der Waals surface area contributed by atoms with E-state index in [9.17, 15) is 13.2 Å². The van der Waals surface area contributed by atoms with Crippen LogP contribution >= 0.6 is 0 Å². The smallest absolute Gasteiger partial charge is 0.238 e. The van der Waals surface area contributed by atoms with Crippen molar-refractivity contribution in [1.82, 2.24) is 24.2 Å². The molecule has 0 saturated carbocycles. The standard InChI is InChI=1S/C13H19N5O3S/c1-4-18-6-5-14-13(18)22(20,21)10-12(19)16(2)8-11-7-15-17(3)9-11/h5-7,9H,4,8,10H2,1-3H3. The fraction of sp³-hybridized carbons (Fsp3) is 0.462. The van der Waals surface area contributed by atoms with Gasteiger partial charge in [-0.2, -0.15) is 5.10 Å². The molecule has 0 aliphatic heterocycles. The van der Waals surface area contributed by atoms with Gasteiger partial charge in [-0.05, 0) is 6.92 Å². The molecule has 0 radical (unpaired) electrons. The van der Waals surface area contributed by atoms with Crippen LogP contribution in [0, 0.1) is 0 Å². The molecule has 2 heterocycles. The Balaban J connectivity index is 2.07. The van der Waals surface area contributed by atoms with Gasteiger partial charge in [0.1, 0.15) is 5.75 Å². The van der Waals surface area contributed by atoms with Gasteiger partial charge in [-0.1, -0.05) is 0 Å². The first-order valence-electron chi connectivity index (χ1n) is 6.79. The Kier molecular flexibility index (Phi) is 4.65. The zero-order valence-corrected chi connectivity index (χ0v) is 13.6. The van der Waals surface area contributed by atoms with Gasteiger partial charge in [0.25, 0.3) is 0 Å². The number of carbonyl (C=O) groups excluding carboxylic acids is 1. The fourth-order valence-corrected chi connectivity index (χ4v) is 3.51. The summed E-state index contributed by atoms with van der Waals surface area (Å²) in [5.41, 5.74) is 0.839. The summed E-state index contributed by atoms with van der Waals surface area (Å²) >= 11 is 0. The second-order valence-electron chi connectivity index (χ2n) is 5.03. The highest BCUT2D eigenvalue weighted by Gasteiger charge is 2.25. The maximum atomic E-state index is 12.3. The molecule has 120 valence electrons. The van der Waals surface area contributed by atoms with Crippen LogP contribution in [0.2, 0.25) is 0 Å². The monoisotopic (exact) mass is 325 g/mol. The summed E-state index contributed by atoms with van der Waals surface area (Å²) in [6.07, 6.45) is 6.42. The molecule has 0 N–H and O–H groups in total.